The zero-order valence-electron chi connectivity index (χ0n) is 14.4. The first-order valence-electron chi connectivity index (χ1n) is 7.65. The van der Waals surface area contributed by atoms with Gasteiger partial charge in [-0.05, 0) is 48.2 Å². The van der Waals surface area contributed by atoms with Crippen molar-refractivity contribution >= 4 is 10.8 Å². The molecule has 0 aliphatic carbocycles. The Balaban J connectivity index is 0. The van der Waals surface area contributed by atoms with Gasteiger partial charge in [0.2, 0.25) is 0 Å². The molecule has 0 saturated carbocycles. The summed E-state index contributed by atoms with van der Waals surface area (Å²) in [5.74, 6) is 0. The second kappa shape index (κ2) is 11.8. The van der Waals surface area contributed by atoms with Crippen molar-refractivity contribution in [1.29, 1.82) is 0 Å². The van der Waals surface area contributed by atoms with Gasteiger partial charge < -0.3 is 0 Å². The minimum absolute atomic E-state index is 1.36. The average Bonchev–Trinajstić information content (AvgIpc) is 2.50. The molecule has 0 heterocycles. The van der Waals surface area contributed by atoms with Crippen LogP contribution in [0.5, 0.6) is 0 Å². The van der Waals surface area contributed by atoms with E-state index in [1.165, 1.54) is 27.5 Å². The summed E-state index contributed by atoms with van der Waals surface area (Å²) in [5, 5.41) is 2.77. The zero-order valence-corrected chi connectivity index (χ0v) is 14.4. The maximum absolute atomic E-state index is 2.22. The summed E-state index contributed by atoms with van der Waals surface area (Å²) >= 11 is 0. The van der Waals surface area contributed by atoms with Crippen LogP contribution >= 0.6 is 0 Å². The van der Waals surface area contributed by atoms with Crippen molar-refractivity contribution in [2.45, 2.75) is 62.3 Å². The second-order valence-corrected chi connectivity index (χ2v) is 3.68. The Labute approximate surface area is 120 Å². The van der Waals surface area contributed by atoms with Crippen molar-refractivity contribution in [3.63, 3.8) is 0 Å². The largest absolute Gasteiger partial charge is 0.0683 e. The van der Waals surface area contributed by atoms with Crippen LogP contribution in [-0.4, -0.2) is 0 Å². The first-order chi connectivity index (χ1) is 9.20. The minimum Gasteiger partial charge on any atom is -0.0683 e. The van der Waals surface area contributed by atoms with Gasteiger partial charge in [-0.1, -0.05) is 71.9 Å². The van der Waals surface area contributed by atoms with E-state index in [9.17, 15) is 0 Å². The molecule has 0 N–H and O–H groups in total. The molecule has 108 valence electrons. The van der Waals surface area contributed by atoms with E-state index in [2.05, 4.69) is 51.1 Å². The van der Waals surface area contributed by atoms with Gasteiger partial charge in [0.25, 0.3) is 0 Å². The molecule has 0 aliphatic rings. The van der Waals surface area contributed by atoms with E-state index in [0.717, 1.165) is 0 Å². The molecule has 2 aromatic carbocycles. The summed E-state index contributed by atoms with van der Waals surface area (Å²) in [4.78, 5) is 0. The van der Waals surface area contributed by atoms with Crippen molar-refractivity contribution in [3.8, 4) is 0 Å². The molecule has 2 aromatic rings. The Bertz CT molecular complexity index is 453. The molecule has 0 nitrogen and oxygen atoms in total. The maximum atomic E-state index is 2.22. The van der Waals surface area contributed by atoms with Crippen LogP contribution in [0.2, 0.25) is 0 Å². The van der Waals surface area contributed by atoms with Gasteiger partial charge >= 0.3 is 0 Å². The van der Waals surface area contributed by atoms with E-state index in [0.29, 0.717) is 0 Å². The molecule has 0 heteroatoms. The average molecular weight is 260 g/mol. The van der Waals surface area contributed by atoms with Gasteiger partial charge in [0.1, 0.15) is 0 Å². The maximum Gasteiger partial charge on any atom is -0.0149 e. The molecular formula is C19H32. The molecule has 0 spiro atoms. The van der Waals surface area contributed by atoms with Crippen LogP contribution in [0.4, 0.5) is 0 Å². The molecule has 0 aliphatic heterocycles. The standard InChI is InChI=1S/C13H14.3C2H6/c1-9-7-8-12-10(2)5-4-6-13(12)11(9)3;3*1-2/h4-8H,1-3H3;3*1-2H3. The first-order valence-corrected chi connectivity index (χ1v) is 7.65. The molecule has 0 bridgehead atoms. The van der Waals surface area contributed by atoms with Crippen LogP contribution in [0.1, 0.15) is 58.2 Å². The van der Waals surface area contributed by atoms with Crippen LogP contribution in [-0.2, 0) is 0 Å². The third kappa shape index (κ3) is 5.46. The third-order valence-corrected chi connectivity index (χ3v) is 2.82. The number of fused-ring (bicyclic) bond motifs is 1. The lowest BCUT2D eigenvalue weighted by atomic mass is 9.98. The number of rotatable bonds is 0. The van der Waals surface area contributed by atoms with Gasteiger partial charge in [-0.25, -0.2) is 0 Å². The van der Waals surface area contributed by atoms with Crippen LogP contribution in [0.25, 0.3) is 10.8 Å². The molecule has 0 atom stereocenters. The summed E-state index contributed by atoms with van der Waals surface area (Å²) in [6.07, 6.45) is 0. The fraction of sp³-hybridized carbons (Fsp3) is 0.474. The number of hydrogen-bond donors (Lipinski definition) is 0. The molecule has 0 fully saturated rings. The molecule has 0 unspecified atom stereocenters. The van der Waals surface area contributed by atoms with Gasteiger partial charge in [-0.2, -0.15) is 0 Å². The molecule has 0 radical (unpaired) electrons. The summed E-state index contributed by atoms with van der Waals surface area (Å²) in [6.45, 7) is 18.5. The van der Waals surface area contributed by atoms with Crippen LogP contribution in [0.3, 0.4) is 0 Å². The topological polar surface area (TPSA) is 0 Å². The highest BCUT2D eigenvalue weighted by Crippen LogP contribution is 2.23. The fourth-order valence-corrected chi connectivity index (χ4v) is 1.77. The predicted octanol–water partition coefficient (Wildman–Crippen LogP) is 6.84. The SMILES string of the molecule is CC.CC.CC.Cc1ccc2c(C)cccc2c1C. The van der Waals surface area contributed by atoms with E-state index in [1.807, 2.05) is 41.5 Å². The van der Waals surface area contributed by atoms with Crippen molar-refractivity contribution in [1.82, 2.24) is 0 Å². The highest BCUT2D eigenvalue weighted by atomic mass is 14.1. The van der Waals surface area contributed by atoms with Gasteiger partial charge in [-0.3, -0.25) is 0 Å². The van der Waals surface area contributed by atoms with E-state index in [4.69, 9.17) is 0 Å². The zero-order chi connectivity index (χ0) is 15.4. The molecule has 2 rings (SSSR count). The Hall–Kier alpha value is -1.30. The Morgan fingerprint density at radius 1 is 0.526 bits per heavy atom. The molecule has 0 saturated heterocycles. The van der Waals surface area contributed by atoms with Crippen molar-refractivity contribution in [2.24, 2.45) is 0 Å². The van der Waals surface area contributed by atoms with E-state index in [1.54, 1.807) is 0 Å². The Morgan fingerprint density at radius 2 is 1.05 bits per heavy atom. The quantitative estimate of drug-likeness (QED) is 0.486. The molecular weight excluding hydrogens is 228 g/mol. The van der Waals surface area contributed by atoms with E-state index < -0.39 is 0 Å². The van der Waals surface area contributed by atoms with Crippen LogP contribution in [0.15, 0.2) is 30.3 Å². The third-order valence-electron chi connectivity index (χ3n) is 2.82. The number of hydrogen-bond acceptors (Lipinski definition) is 0. The minimum atomic E-state index is 1.36. The lowest BCUT2D eigenvalue weighted by molar-refractivity contribution is 1.37. The summed E-state index contributed by atoms with van der Waals surface area (Å²) < 4.78 is 0. The monoisotopic (exact) mass is 260 g/mol. The van der Waals surface area contributed by atoms with Crippen molar-refractivity contribution in [2.75, 3.05) is 0 Å². The Morgan fingerprint density at radius 3 is 1.58 bits per heavy atom. The number of benzene rings is 2. The van der Waals surface area contributed by atoms with E-state index in [-0.39, 0.29) is 0 Å². The molecule has 0 aromatic heterocycles. The van der Waals surface area contributed by atoms with Gasteiger partial charge in [0, 0.05) is 0 Å². The highest BCUT2D eigenvalue weighted by Gasteiger charge is 2.00. The first kappa shape index (κ1) is 20.0. The molecule has 0 amide bonds. The Kier molecular flexibility index (Phi) is 12.4. The predicted molar refractivity (Wildman–Crippen MR) is 92.2 cm³/mol. The van der Waals surface area contributed by atoms with Crippen LogP contribution < -0.4 is 0 Å². The van der Waals surface area contributed by atoms with Crippen LogP contribution in [0, 0.1) is 20.8 Å². The lowest BCUT2D eigenvalue weighted by Crippen LogP contribution is -1.85. The van der Waals surface area contributed by atoms with Gasteiger partial charge in [0.05, 0.1) is 0 Å². The summed E-state index contributed by atoms with van der Waals surface area (Å²) in [7, 11) is 0. The van der Waals surface area contributed by atoms with E-state index >= 15 is 0 Å². The molecule has 19 heavy (non-hydrogen) atoms. The smallest absolute Gasteiger partial charge is 0.0149 e. The lowest BCUT2D eigenvalue weighted by Gasteiger charge is -2.07. The second-order valence-electron chi connectivity index (χ2n) is 3.68. The summed E-state index contributed by atoms with van der Waals surface area (Å²) in [5.41, 5.74) is 4.14. The van der Waals surface area contributed by atoms with Gasteiger partial charge in [0.15, 0.2) is 0 Å². The normalized spacial score (nSPS) is 8.26. The highest BCUT2D eigenvalue weighted by molar-refractivity contribution is 5.89. The van der Waals surface area contributed by atoms with Crippen molar-refractivity contribution < 1.29 is 0 Å². The fourth-order valence-electron chi connectivity index (χ4n) is 1.77. The van der Waals surface area contributed by atoms with Crippen molar-refractivity contribution in [3.05, 3.63) is 47.0 Å². The number of aryl methyl sites for hydroxylation is 3. The summed E-state index contributed by atoms with van der Waals surface area (Å²) in [6, 6.07) is 10.9. The van der Waals surface area contributed by atoms with Gasteiger partial charge in [-0.15, -0.1) is 0 Å².